The van der Waals surface area contributed by atoms with Crippen molar-refractivity contribution in [1.29, 1.82) is 0 Å². The van der Waals surface area contributed by atoms with Crippen LogP contribution in [0.25, 0.3) is 0 Å². The van der Waals surface area contributed by atoms with E-state index in [9.17, 15) is 14.7 Å². The minimum Gasteiger partial charge on any atom is -0.480 e. The van der Waals surface area contributed by atoms with E-state index in [0.29, 0.717) is 13.0 Å². The number of hydrogen-bond acceptors (Lipinski definition) is 5. The van der Waals surface area contributed by atoms with Crippen LogP contribution in [0.2, 0.25) is 0 Å². The van der Waals surface area contributed by atoms with Gasteiger partial charge in [0.25, 0.3) is 5.95 Å². The summed E-state index contributed by atoms with van der Waals surface area (Å²) in [7, 11) is 0. The molecular formula is C11H15N5O3. The molecule has 8 nitrogen and oxygen atoms in total. The summed E-state index contributed by atoms with van der Waals surface area (Å²) in [4.78, 5) is 28.4. The lowest BCUT2D eigenvalue weighted by Crippen LogP contribution is -2.46. The van der Waals surface area contributed by atoms with Crippen LogP contribution in [0.1, 0.15) is 25.7 Å². The first-order valence-electron chi connectivity index (χ1n) is 6.12. The summed E-state index contributed by atoms with van der Waals surface area (Å²) in [5.74, 6) is -0.912. The van der Waals surface area contributed by atoms with E-state index < -0.39 is 18.0 Å². The summed E-state index contributed by atoms with van der Waals surface area (Å²) in [6, 6.07) is -1.29. The Labute approximate surface area is 109 Å². The Balaban J connectivity index is 2.08. The number of carboxylic acids is 1. The topological polar surface area (TPSA) is 108 Å². The maximum atomic E-state index is 12.1. The molecule has 102 valence electrons. The van der Waals surface area contributed by atoms with Gasteiger partial charge in [0.05, 0.1) is 12.4 Å². The second-order valence-corrected chi connectivity index (χ2v) is 4.29. The number of urea groups is 1. The van der Waals surface area contributed by atoms with Gasteiger partial charge in [-0.3, -0.25) is 5.32 Å². The number of hydrogen-bond donors (Lipinski definition) is 2. The Hall–Kier alpha value is -2.25. The van der Waals surface area contributed by atoms with Crippen molar-refractivity contribution >= 4 is 17.9 Å². The molecule has 8 heteroatoms. The molecule has 0 bridgehead atoms. The summed E-state index contributed by atoms with van der Waals surface area (Å²) < 4.78 is 0. The number of nitrogens with one attached hydrogen (secondary N) is 1. The van der Waals surface area contributed by atoms with Crippen molar-refractivity contribution in [2.24, 2.45) is 0 Å². The summed E-state index contributed by atoms with van der Waals surface area (Å²) in [5, 5.41) is 18.9. The predicted octanol–water partition coefficient (Wildman–Crippen LogP) is 0.733. The van der Waals surface area contributed by atoms with E-state index in [1.54, 1.807) is 0 Å². The Morgan fingerprint density at radius 3 is 2.84 bits per heavy atom. The van der Waals surface area contributed by atoms with Gasteiger partial charge < -0.3 is 10.0 Å². The third kappa shape index (κ3) is 3.36. The fourth-order valence-electron chi connectivity index (χ4n) is 2.08. The highest BCUT2D eigenvalue weighted by atomic mass is 16.4. The first-order chi connectivity index (χ1) is 9.18. The van der Waals surface area contributed by atoms with Crippen molar-refractivity contribution in [2.75, 3.05) is 11.9 Å². The zero-order valence-corrected chi connectivity index (χ0v) is 10.3. The number of likely N-dealkylation sites (tertiary alicyclic amines) is 1. The second-order valence-electron chi connectivity index (χ2n) is 4.29. The summed E-state index contributed by atoms with van der Waals surface area (Å²) in [6.45, 7) is 0.420. The Morgan fingerprint density at radius 1 is 1.32 bits per heavy atom. The lowest BCUT2D eigenvalue weighted by atomic mass is 10.1. The predicted molar refractivity (Wildman–Crippen MR) is 65.4 cm³/mol. The van der Waals surface area contributed by atoms with E-state index in [-0.39, 0.29) is 5.95 Å². The molecule has 1 aromatic rings. The normalized spacial score (nSPS) is 19.6. The minimum atomic E-state index is -0.982. The van der Waals surface area contributed by atoms with Gasteiger partial charge in [-0.1, -0.05) is 12.8 Å². The molecule has 0 saturated carbocycles. The zero-order chi connectivity index (χ0) is 13.7. The van der Waals surface area contributed by atoms with Crippen LogP contribution in [0.15, 0.2) is 12.4 Å². The SMILES string of the molecule is O=C(O)C1CCCCCN1C(=O)Nc1nccnn1. The van der Waals surface area contributed by atoms with Gasteiger partial charge in [0.1, 0.15) is 6.04 Å². The van der Waals surface area contributed by atoms with Gasteiger partial charge in [-0.05, 0) is 12.8 Å². The molecule has 1 saturated heterocycles. The van der Waals surface area contributed by atoms with Gasteiger partial charge >= 0.3 is 12.0 Å². The van der Waals surface area contributed by atoms with Gasteiger partial charge in [-0.15, -0.1) is 5.10 Å². The van der Waals surface area contributed by atoms with Crippen LogP contribution in [0.5, 0.6) is 0 Å². The molecule has 2 rings (SSSR count). The maximum absolute atomic E-state index is 12.1. The van der Waals surface area contributed by atoms with Gasteiger partial charge in [0, 0.05) is 6.54 Å². The molecule has 1 aromatic heterocycles. The molecule has 0 radical (unpaired) electrons. The van der Waals surface area contributed by atoms with E-state index in [2.05, 4.69) is 20.5 Å². The molecule has 0 aliphatic carbocycles. The standard InChI is InChI=1S/C11H15N5O3/c17-9(18)8-4-2-1-3-7-16(8)11(19)14-10-12-5-6-13-15-10/h5-6,8H,1-4,7H2,(H,17,18)(H,12,14,15,19). The summed E-state index contributed by atoms with van der Waals surface area (Å²) >= 11 is 0. The smallest absolute Gasteiger partial charge is 0.326 e. The number of aromatic nitrogens is 3. The van der Waals surface area contributed by atoms with Gasteiger partial charge in [0.2, 0.25) is 0 Å². The fourth-order valence-corrected chi connectivity index (χ4v) is 2.08. The molecule has 2 amide bonds. The number of nitrogens with zero attached hydrogens (tertiary/aromatic N) is 4. The minimum absolute atomic E-state index is 0.0703. The molecule has 19 heavy (non-hydrogen) atoms. The molecule has 0 spiro atoms. The molecule has 1 aliphatic heterocycles. The Kier molecular flexibility index (Phi) is 4.22. The van der Waals surface area contributed by atoms with Crippen molar-refractivity contribution < 1.29 is 14.7 Å². The highest BCUT2D eigenvalue weighted by molar-refractivity contribution is 5.90. The molecule has 1 atom stereocenters. The van der Waals surface area contributed by atoms with Gasteiger partial charge in [-0.2, -0.15) is 5.10 Å². The van der Waals surface area contributed by atoms with Crippen LogP contribution in [0.3, 0.4) is 0 Å². The Morgan fingerprint density at radius 2 is 2.16 bits per heavy atom. The molecule has 2 N–H and O–H groups in total. The van der Waals surface area contributed by atoms with Crippen molar-refractivity contribution in [1.82, 2.24) is 20.1 Å². The highest BCUT2D eigenvalue weighted by Crippen LogP contribution is 2.17. The quantitative estimate of drug-likeness (QED) is 0.816. The van der Waals surface area contributed by atoms with Crippen LogP contribution < -0.4 is 5.32 Å². The van der Waals surface area contributed by atoms with Gasteiger partial charge in [-0.25, -0.2) is 14.6 Å². The number of carboxylic acid groups (broad SMARTS) is 1. The van der Waals surface area contributed by atoms with Crippen LogP contribution >= 0.6 is 0 Å². The zero-order valence-electron chi connectivity index (χ0n) is 10.3. The maximum Gasteiger partial charge on any atom is 0.326 e. The van der Waals surface area contributed by atoms with E-state index >= 15 is 0 Å². The number of amides is 2. The first-order valence-corrected chi connectivity index (χ1v) is 6.12. The van der Waals surface area contributed by atoms with E-state index in [1.165, 1.54) is 17.3 Å². The van der Waals surface area contributed by atoms with E-state index in [0.717, 1.165) is 19.3 Å². The average Bonchev–Trinajstić information content (AvgIpc) is 2.65. The van der Waals surface area contributed by atoms with Crippen molar-refractivity contribution in [2.45, 2.75) is 31.7 Å². The number of rotatable bonds is 2. The number of carbonyl (C=O) groups excluding carboxylic acids is 1. The molecule has 1 fully saturated rings. The number of carbonyl (C=O) groups is 2. The third-order valence-electron chi connectivity index (χ3n) is 3.00. The van der Waals surface area contributed by atoms with E-state index in [1.807, 2.05) is 0 Å². The van der Waals surface area contributed by atoms with E-state index in [4.69, 9.17) is 0 Å². The lowest BCUT2D eigenvalue weighted by Gasteiger charge is -2.26. The average molecular weight is 265 g/mol. The largest absolute Gasteiger partial charge is 0.480 e. The van der Waals surface area contributed by atoms with Crippen molar-refractivity contribution in [3.63, 3.8) is 0 Å². The van der Waals surface area contributed by atoms with Crippen molar-refractivity contribution in [3.05, 3.63) is 12.4 Å². The fraction of sp³-hybridized carbons (Fsp3) is 0.545. The summed E-state index contributed by atoms with van der Waals surface area (Å²) in [6.07, 6.45) is 5.80. The first kappa shape index (κ1) is 13.2. The molecule has 1 unspecified atom stereocenters. The van der Waals surface area contributed by atoms with Crippen LogP contribution in [-0.4, -0.2) is 49.8 Å². The molecule has 1 aliphatic rings. The molecule has 2 heterocycles. The van der Waals surface area contributed by atoms with Crippen LogP contribution in [-0.2, 0) is 4.79 Å². The highest BCUT2D eigenvalue weighted by Gasteiger charge is 2.31. The Bertz CT molecular complexity index is 453. The summed E-state index contributed by atoms with van der Waals surface area (Å²) in [5.41, 5.74) is 0. The van der Waals surface area contributed by atoms with Crippen LogP contribution in [0.4, 0.5) is 10.7 Å². The molecular weight excluding hydrogens is 250 g/mol. The molecule has 0 aromatic carbocycles. The van der Waals surface area contributed by atoms with Crippen molar-refractivity contribution in [3.8, 4) is 0 Å². The number of anilines is 1. The van der Waals surface area contributed by atoms with Crippen LogP contribution in [0, 0.1) is 0 Å². The monoisotopic (exact) mass is 265 g/mol. The lowest BCUT2D eigenvalue weighted by molar-refractivity contribution is -0.142. The number of aliphatic carboxylic acids is 1. The second kappa shape index (κ2) is 6.07. The third-order valence-corrected chi connectivity index (χ3v) is 3.00. The van der Waals surface area contributed by atoms with Gasteiger partial charge in [0.15, 0.2) is 0 Å².